The summed E-state index contributed by atoms with van der Waals surface area (Å²) in [5.41, 5.74) is 0. The van der Waals surface area contributed by atoms with Gasteiger partial charge in [0.05, 0.1) is 13.2 Å². The summed E-state index contributed by atoms with van der Waals surface area (Å²) in [6.45, 7) is 1.88. The van der Waals surface area contributed by atoms with Gasteiger partial charge in [-0.3, -0.25) is 0 Å². The second-order valence-corrected chi connectivity index (χ2v) is 5.70. The lowest BCUT2D eigenvalue weighted by Gasteiger charge is -2.12. The predicted molar refractivity (Wildman–Crippen MR) is 76.2 cm³/mol. The van der Waals surface area contributed by atoms with E-state index in [1.54, 1.807) is 11.3 Å². The Morgan fingerprint density at radius 2 is 2.11 bits per heavy atom. The first kappa shape index (κ1) is 13.5. The van der Waals surface area contributed by atoms with Crippen LogP contribution < -0.4 is 0 Å². The third kappa shape index (κ3) is 3.53. The Bertz CT molecular complexity index is 462. The molecular formula is C14H19NO2S. The lowest BCUT2D eigenvalue weighted by molar-refractivity contribution is 0.0323. The summed E-state index contributed by atoms with van der Waals surface area (Å²) in [5.74, 6) is 0. The van der Waals surface area contributed by atoms with Gasteiger partial charge in [-0.15, -0.1) is 11.3 Å². The number of likely N-dealkylation sites (N-methyl/N-ethyl adjacent to an activating group) is 1. The van der Waals surface area contributed by atoms with Gasteiger partial charge >= 0.3 is 0 Å². The van der Waals surface area contributed by atoms with Crippen molar-refractivity contribution in [3.05, 3.63) is 35.2 Å². The summed E-state index contributed by atoms with van der Waals surface area (Å²) in [5, 5.41) is 11.2. The van der Waals surface area contributed by atoms with E-state index in [2.05, 4.69) is 17.0 Å². The van der Waals surface area contributed by atoms with Gasteiger partial charge in [-0.25, -0.2) is 0 Å². The molecule has 2 rings (SSSR count). The molecule has 1 aromatic carbocycles. The molecule has 1 atom stereocenters. The second-order valence-electron chi connectivity index (χ2n) is 4.58. The zero-order chi connectivity index (χ0) is 13.0. The molecule has 1 heterocycles. The number of rotatable bonds is 6. The van der Waals surface area contributed by atoms with Gasteiger partial charge in [0.25, 0.3) is 0 Å². The number of hydrogen-bond donors (Lipinski definition) is 1. The highest BCUT2D eigenvalue weighted by molar-refractivity contribution is 7.19. The van der Waals surface area contributed by atoms with Crippen LogP contribution in [0.2, 0.25) is 0 Å². The minimum atomic E-state index is -0.524. The molecule has 0 fully saturated rings. The summed E-state index contributed by atoms with van der Waals surface area (Å²) in [7, 11) is 4.01. The number of nitrogens with zero attached hydrogens (tertiary/aromatic N) is 1. The maximum Gasteiger partial charge on any atom is 0.111 e. The van der Waals surface area contributed by atoms with Crippen LogP contribution in [0, 0.1) is 0 Å². The first-order chi connectivity index (χ1) is 8.66. The fourth-order valence-corrected chi connectivity index (χ4v) is 2.73. The SMILES string of the molecule is CN(C)CCOCC(O)c1cc2ccccc2s1. The van der Waals surface area contributed by atoms with Crippen LogP contribution in [-0.2, 0) is 4.74 Å². The van der Waals surface area contributed by atoms with E-state index in [9.17, 15) is 5.11 Å². The number of hydrogen-bond acceptors (Lipinski definition) is 4. The van der Waals surface area contributed by atoms with Gasteiger partial charge in [0.1, 0.15) is 6.10 Å². The maximum atomic E-state index is 10.1. The van der Waals surface area contributed by atoms with Gasteiger partial charge in [0.2, 0.25) is 0 Å². The zero-order valence-corrected chi connectivity index (χ0v) is 11.6. The minimum absolute atomic E-state index is 0.362. The Hall–Kier alpha value is -0.940. The molecule has 1 aromatic heterocycles. The quantitative estimate of drug-likeness (QED) is 0.815. The monoisotopic (exact) mass is 265 g/mol. The average molecular weight is 265 g/mol. The topological polar surface area (TPSA) is 32.7 Å². The van der Waals surface area contributed by atoms with E-state index in [1.165, 1.54) is 10.1 Å². The summed E-state index contributed by atoms with van der Waals surface area (Å²) >= 11 is 1.63. The standard InChI is InChI=1S/C14H19NO2S/c1-15(2)7-8-17-10-12(16)14-9-11-5-3-4-6-13(11)18-14/h3-6,9,12,16H,7-8,10H2,1-2H3. The summed E-state index contributed by atoms with van der Waals surface area (Å²) < 4.78 is 6.68. The van der Waals surface area contributed by atoms with E-state index in [-0.39, 0.29) is 0 Å². The Morgan fingerprint density at radius 1 is 1.33 bits per heavy atom. The molecule has 2 aromatic rings. The summed E-state index contributed by atoms with van der Waals surface area (Å²) in [6, 6.07) is 10.2. The number of ether oxygens (including phenoxy) is 1. The van der Waals surface area contributed by atoms with E-state index in [4.69, 9.17) is 4.74 Å². The van der Waals surface area contributed by atoms with Gasteiger partial charge < -0.3 is 14.7 Å². The zero-order valence-electron chi connectivity index (χ0n) is 10.8. The van der Waals surface area contributed by atoms with Crippen LogP contribution in [0.5, 0.6) is 0 Å². The predicted octanol–water partition coefficient (Wildman–Crippen LogP) is 2.51. The van der Waals surface area contributed by atoms with Gasteiger partial charge in [-0.05, 0) is 31.6 Å². The highest BCUT2D eigenvalue weighted by Crippen LogP contribution is 2.29. The molecule has 3 nitrogen and oxygen atoms in total. The number of benzene rings is 1. The molecule has 0 aliphatic heterocycles. The number of fused-ring (bicyclic) bond motifs is 1. The van der Waals surface area contributed by atoms with Crippen molar-refractivity contribution in [1.29, 1.82) is 0 Å². The van der Waals surface area contributed by atoms with E-state index in [0.29, 0.717) is 13.2 Å². The van der Waals surface area contributed by atoms with E-state index < -0.39 is 6.10 Å². The molecule has 0 aliphatic rings. The molecule has 0 saturated heterocycles. The molecule has 1 N–H and O–H groups in total. The maximum absolute atomic E-state index is 10.1. The minimum Gasteiger partial charge on any atom is -0.385 e. The number of aliphatic hydroxyl groups is 1. The van der Waals surface area contributed by atoms with Gasteiger partial charge in [0.15, 0.2) is 0 Å². The molecule has 4 heteroatoms. The lowest BCUT2D eigenvalue weighted by Crippen LogP contribution is -2.19. The average Bonchev–Trinajstić information content (AvgIpc) is 2.78. The van der Waals surface area contributed by atoms with E-state index >= 15 is 0 Å². The van der Waals surface area contributed by atoms with Crippen molar-refractivity contribution in [2.24, 2.45) is 0 Å². The number of thiophene rings is 1. The van der Waals surface area contributed by atoms with E-state index in [1.807, 2.05) is 32.3 Å². The molecule has 18 heavy (non-hydrogen) atoms. The molecular weight excluding hydrogens is 246 g/mol. The Balaban J connectivity index is 1.90. The Kier molecular flexibility index (Phi) is 4.72. The van der Waals surface area contributed by atoms with Crippen molar-refractivity contribution in [3.63, 3.8) is 0 Å². The Labute approximate surface area is 112 Å². The van der Waals surface area contributed by atoms with Crippen LogP contribution in [0.1, 0.15) is 11.0 Å². The Morgan fingerprint density at radius 3 is 2.83 bits per heavy atom. The highest BCUT2D eigenvalue weighted by atomic mass is 32.1. The fraction of sp³-hybridized carbons (Fsp3) is 0.429. The van der Waals surface area contributed by atoms with Gasteiger partial charge in [0, 0.05) is 16.1 Å². The summed E-state index contributed by atoms with van der Waals surface area (Å²) in [4.78, 5) is 3.03. The molecule has 0 spiro atoms. The van der Waals surface area contributed by atoms with Crippen molar-refractivity contribution >= 4 is 21.4 Å². The fourth-order valence-electron chi connectivity index (χ4n) is 1.69. The van der Waals surface area contributed by atoms with Crippen molar-refractivity contribution in [3.8, 4) is 0 Å². The third-order valence-corrected chi connectivity index (χ3v) is 3.95. The largest absolute Gasteiger partial charge is 0.385 e. The molecule has 0 aliphatic carbocycles. The molecule has 0 bridgehead atoms. The van der Waals surface area contributed by atoms with Crippen molar-refractivity contribution < 1.29 is 9.84 Å². The molecule has 0 amide bonds. The third-order valence-electron chi connectivity index (χ3n) is 2.73. The summed E-state index contributed by atoms with van der Waals surface area (Å²) in [6.07, 6.45) is -0.524. The van der Waals surface area contributed by atoms with Gasteiger partial charge in [-0.1, -0.05) is 18.2 Å². The molecule has 0 radical (unpaired) electrons. The number of aliphatic hydroxyl groups excluding tert-OH is 1. The first-order valence-electron chi connectivity index (χ1n) is 6.06. The lowest BCUT2D eigenvalue weighted by atomic mass is 10.2. The smallest absolute Gasteiger partial charge is 0.111 e. The molecule has 0 saturated carbocycles. The van der Waals surface area contributed by atoms with Crippen molar-refractivity contribution in [2.75, 3.05) is 33.9 Å². The van der Waals surface area contributed by atoms with Crippen LogP contribution in [0.25, 0.3) is 10.1 Å². The van der Waals surface area contributed by atoms with Crippen molar-refractivity contribution in [2.45, 2.75) is 6.10 Å². The molecule has 98 valence electrons. The first-order valence-corrected chi connectivity index (χ1v) is 6.87. The van der Waals surface area contributed by atoms with Crippen molar-refractivity contribution in [1.82, 2.24) is 4.90 Å². The van der Waals surface area contributed by atoms with Crippen LogP contribution in [-0.4, -0.2) is 43.9 Å². The van der Waals surface area contributed by atoms with Crippen LogP contribution in [0.3, 0.4) is 0 Å². The van der Waals surface area contributed by atoms with Crippen LogP contribution in [0.4, 0.5) is 0 Å². The highest BCUT2D eigenvalue weighted by Gasteiger charge is 2.11. The molecule has 1 unspecified atom stereocenters. The second kappa shape index (κ2) is 6.29. The normalized spacial score (nSPS) is 13.3. The van der Waals surface area contributed by atoms with Crippen LogP contribution in [0.15, 0.2) is 30.3 Å². The van der Waals surface area contributed by atoms with E-state index in [0.717, 1.165) is 11.4 Å². The van der Waals surface area contributed by atoms with Crippen LogP contribution >= 0.6 is 11.3 Å². The van der Waals surface area contributed by atoms with Gasteiger partial charge in [-0.2, -0.15) is 0 Å².